The van der Waals surface area contributed by atoms with Crippen molar-refractivity contribution in [2.24, 2.45) is 5.92 Å². The number of nitro benzene ring substituents is 1. The molecule has 0 aliphatic heterocycles. The zero-order valence-corrected chi connectivity index (χ0v) is 11.7. The minimum absolute atomic E-state index is 0.0993. The molecule has 3 nitrogen and oxygen atoms in total. The summed E-state index contributed by atoms with van der Waals surface area (Å²) in [4.78, 5) is 10.3. The van der Waals surface area contributed by atoms with Gasteiger partial charge in [0.05, 0.1) is 4.92 Å². The van der Waals surface area contributed by atoms with Crippen molar-refractivity contribution in [3.8, 4) is 0 Å². The highest BCUT2D eigenvalue weighted by Crippen LogP contribution is 2.29. The van der Waals surface area contributed by atoms with Crippen LogP contribution in [0.3, 0.4) is 0 Å². The molecule has 1 aromatic rings. The van der Waals surface area contributed by atoms with E-state index < -0.39 is 4.92 Å². The van der Waals surface area contributed by atoms with Crippen LogP contribution < -0.4 is 0 Å². The van der Waals surface area contributed by atoms with Gasteiger partial charge in [-0.3, -0.25) is 10.1 Å². The maximum atomic E-state index is 10.7. The third-order valence-electron chi connectivity index (χ3n) is 2.68. The third-order valence-corrected chi connectivity index (χ3v) is 4.60. The van der Waals surface area contributed by atoms with E-state index >= 15 is 0 Å². The second-order valence-corrected chi connectivity index (χ2v) is 6.07. The van der Waals surface area contributed by atoms with Crippen molar-refractivity contribution >= 4 is 29.1 Å². The molecule has 0 bridgehead atoms. The fourth-order valence-electron chi connectivity index (χ4n) is 1.20. The summed E-state index contributed by atoms with van der Waals surface area (Å²) in [6.07, 6.45) is 0. The number of thioether (sulfide) groups is 1. The maximum absolute atomic E-state index is 10.7. The van der Waals surface area contributed by atoms with Crippen LogP contribution in [0.25, 0.3) is 0 Å². The molecule has 0 aliphatic carbocycles. The summed E-state index contributed by atoms with van der Waals surface area (Å²) in [5.41, 5.74) is 0.931. The number of nitro groups is 1. The van der Waals surface area contributed by atoms with Gasteiger partial charge in [-0.2, -0.15) is 11.8 Å². The van der Waals surface area contributed by atoms with Crippen molar-refractivity contribution in [3.63, 3.8) is 0 Å². The van der Waals surface area contributed by atoms with Crippen molar-refractivity contribution in [1.29, 1.82) is 0 Å². The average Bonchev–Trinajstić information content (AvgIpc) is 2.26. The van der Waals surface area contributed by atoms with Gasteiger partial charge in [0.2, 0.25) is 0 Å². The lowest BCUT2D eigenvalue weighted by Crippen LogP contribution is -2.06. The highest BCUT2D eigenvalue weighted by Gasteiger charge is 2.12. The van der Waals surface area contributed by atoms with Crippen molar-refractivity contribution in [2.75, 3.05) is 0 Å². The van der Waals surface area contributed by atoms with E-state index in [-0.39, 0.29) is 5.69 Å². The molecule has 1 atom stereocenters. The topological polar surface area (TPSA) is 43.1 Å². The molecule has 0 spiro atoms. The Bertz CT molecular complexity index is 409. The van der Waals surface area contributed by atoms with Crippen LogP contribution in [0.2, 0.25) is 5.02 Å². The van der Waals surface area contributed by atoms with E-state index in [2.05, 4.69) is 20.8 Å². The molecule has 0 aromatic heterocycles. The van der Waals surface area contributed by atoms with Gasteiger partial charge in [0.25, 0.3) is 5.69 Å². The summed E-state index contributed by atoms with van der Waals surface area (Å²) in [5.74, 6) is 1.29. The summed E-state index contributed by atoms with van der Waals surface area (Å²) < 4.78 is 0. The van der Waals surface area contributed by atoms with E-state index in [0.717, 1.165) is 5.56 Å². The maximum Gasteiger partial charge on any atom is 0.269 e. The lowest BCUT2D eigenvalue weighted by molar-refractivity contribution is -0.384. The average molecular weight is 274 g/mol. The fraction of sp³-hybridized carbons (Fsp3) is 0.500. The lowest BCUT2D eigenvalue weighted by atomic mass is 10.2. The van der Waals surface area contributed by atoms with Crippen LogP contribution in [0.4, 0.5) is 5.69 Å². The molecule has 17 heavy (non-hydrogen) atoms. The molecule has 1 unspecified atom stereocenters. The first-order valence-electron chi connectivity index (χ1n) is 5.46. The summed E-state index contributed by atoms with van der Waals surface area (Å²) >= 11 is 7.79. The third kappa shape index (κ3) is 4.21. The van der Waals surface area contributed by atoms with E-state index in [1.54, 1.807) is 23.9 Å². The summed E-state index contributed by atoms with van der Waals surface area (Å²) in [5, 5.41) is 11.8. The highest BCUT2D eigenvalue weighted by molar-refractivity contribution is 7.99. The number of benzene rings is 1. The molecule has 0 fully saturated rings. The fourth-order valence-corrected chi connectivity index (χ4v) is 2.53. The molecule has 0 radical (unpaired) electrons. The first-order valence-corrected chi connectivity index (χ1v) is 6.89. The molecular weight excluding hydrogens is 258 g/mol. The predicted molar refractivity (Wildman–Crippen MR) is 73.7 cm³/mol. The van der Waals surface area contributed by atoms with Gasteiger partial charge in [-0.15, -0.1) is 0 Å². The SMILES string of the molecule is CC(C)C(C)SCc1cc([N+](=O)[O-])ccc1Cl. The second-order valence-electron chi connectivity index (χ2n) is 4.29. The van der Waals surface area contributed by atoms with E-state index in [1.165, 1.54) is 6.07 Å². The first kappa shape index (κ1) is 14.3. The molecular formula is C12H16ClNO2S. The molecule has 94 valence electrons. The molecule has 0 aliphatic rings. The van der Waals surface area contributed by atoms with Crippen molar-refractivity contribution < 1.29 is 4.92 Å². The van der Waals surface area contributed by atoms with Gasteiger partial charge in [-0.1, -0.05) is 32.4 Å². The smallest absolute Gasteiger partial charge is 0.258 e. The quantitative estimate of drug-likeness (QED) is 0.585. The summed E-state index contributed by atoms with van der Waals surface area (Å²) in [6.45, 7) is 6.47. The molecule has 0 heterocycles. The Morgan fingerprint density at radius 3 is 2.59 bits per heavy atom. The molecule has 0 N–H and O–H groups in total. The Kier molecular flexibility index (Phi) is 5.28. The van der Waals surface area contributed by atoms with Crippen molar-refractivity contribution in [2.45, 2.75) is 31.8 Å². The van der Waals surface area contributed by atoms with Crippen LogP contribution >= 0.6 is 23.4 Å². The second kappa shape index (κ2) is 6.26. The van der Waals surface area contributed by atoms with Gasteiger partial charge in [-0.25, -0.2) is 0 Å². The molecule has 1 aromatic carbocycles. The van der Waals surface area contributed by atoms with E-state index in [0.29, 0.717) is 21.9 Å². The van der Waals surface area contributed by atoms with Crippen LogP contribution in [0.15, 0.2) is 18.2 Å². The zero-order chi connectivity index (χ0) is 13.0. The van der Waals surface area contributed by atoms with Gasteiger partial charge in [-0.05, 0) is 17.5 Å². The van der Waals surface area contributed by atoms with Gasteiger partial charge in [0.15, 0.2) is 0 Å². The number of hydrogen-bond acceptors (Lipinski definition) is 3. The molecule has 1 rings (SSSR count). The Hall–Kier alpha value is -0.740. The molecule has 0 saturated carbocycles. The summed E-state index contributed by atoms with van der Waals surface area (Å²) in [7, 11) is 0. The standard InChI is InChI=1S/C12H16ClNO2S/c1-8(2)9(3)17-7-10-6-11(14(15)16)4-5-12(10)13/h4-6,8-9H,7H2,1-3H3. The Balaban J connectivity index is 2.76. The number of halogens is 1. The van der Waals surface area contributed by atoms with Gasteiger partial charge in [0.1, 0.15) is 0 Å². The minimum atomic E-state index is -0.392. The van der Waals surface area contributed by atoms with E-state index in [4.69, 9.17) is 11.6 Å². The number of non-ortho nitro benzene ring substituents is 1. The Morgan fingerprint density at radius 2 is 2.06 bits per heavy atom. The van der Waals surface area contributed by atoms with Crippen LogP contribution in [-0.2, 0) is 5.75 Å². The van der Waals surface area contributed by atoms with E-state index in [1.807, 2.05) is 0 Å². The lowest BCUT2D eigenvalue weighted by Gasteiger charge is -2.15. The summed E-state index contributed by atoms with van der Waals surface area (Å²) in [6, 6.07) is 4.58. The first-order chi connectivity index (χ1) is 7.91. The predicted octanol–water partition coefficient (Wildman–Crippen LogP) is 4.53. The Morgan fingerprint density at radius 1 is 1.41 bits per heavy atom. The number of nitrogens with zero attached hydrogens (tertiary/aromatic N) is 1. The molecule has 5 heteroatoms. The van der Waals surface area contributed by atoms with Gasteiger partial charge >= 0.3 is 0 Å². The van der Waals surface area contributed by atoms with Crippen LogP contribution in [-0.4, -0.2) is 10.2 Å². The Labute approximate surface area is 111 Å². The molecule has 0 amide bonds. The molecule has 0 saturated heterocycles. The van der Waals surface area contributed by atoms with Crippen LogP contribution in [0.5, 0.6) is 0 Å². The minimum Gasteiger partial charge on any atom is -0.258 e. The largest absolute Gasteiger partial charge is 0.269 e. The monoisotopic (exact) mass is 273 g/mol. The van der Waals surface area contributed by atoms with Gasteiger partial charge in [0, 0.05) is 28.2 Å². The zero-order valence-electron chi connectivity index (χ0n) is 10.1. The van der Waals surface area contributed by atoms with Crippen LogP contribution in [0, 0.1) is 16.0 Å². The number of rotatable bonds is 5. The number of hydrogen-bond donors (Lipinski definition) is 0. The van der Waals surface area contributed by atoms with Crippen molar-refractivity contribution in [3.05, 3.63) is 38.9 Å². The van der Waals surface area contributed by atoms with E-state index in [9.17, 15) is 10.1 Å². The van der Waals surface area contributed by atoms with Crippen molar-refractivity contribution in [1.82, 2.24) is 0 Å². The highest BCUT2D eigenvalue weighted by atomic mass is 35.5. The normalized spacial score (nSPS) is 12.8. The van der Waals surface area contributed by atoms with Crippen LogP contribution in [0.1, 0.15) is 26.3 Å². The van der Waals surface area contributed by atoms with Gasteiger partial charge < -0.3 is 0 Å².